The normalized spacial score (nSPS) is 11.9. The largest absolute Gasteiger partial charge is 0.491 e. The Morgan fingerprint density at radius 1 is 1.14 bits per heavy atom. The highest BCUT2D eigenvalue weighted by Crippen LogP contribution is 2.14. The number of aromatic nitrogens is 4. The van der Waals surface area contributed by atoms with E-state index in [1.807, 2.05) is 36.4 Å². The first-order valence-electron chi connectivity index (χ1n) is 8.95. The van der Waals surface area contributed by atoms with E-state index < -0.39 is 6.10 Å². The molecule has 0 fully saturated rings. The SMILES string of the molecule is N#Cc1ccc(OC[C@@H](O)Cn2cnc3c(cnn3-c3ccccc3)c2=O)cc1. The first-order valence-corrected chi connectivity index (χ1v) is 8.95. The van der Waals surface area contributed by atoms with Gasteiger partial charge in [0.05, 0.1) is 30.1 Å². The van der Waals surface area contributed by atoms with Gasteiger partial charge in [-0.1, -0.05) is 18.2 Å². The molecule has 144 valence electrons. The summed E-state index contributed by atoms with van der Waals surface area (Å²) in [7, 11) is 0. The van der Waals surface area contributed by atoms with E-state index in [0.29, 0.717) is 22.3 Å². The molecule has 4 aromatic rings. The van der Waals surface area contributed by atoms with Crippen LogP contribution in [0.5, 0.6) is 5.75 Å². The Morgan fingerprint density at radius 2 is 1.90 bits per heavy atom. The van der Waals surface area contributed by atoms with Gasteiger partial charge in [0.1, 0.15) is 30.2 Å². The summed E-state index contributed by atoms with van der Waals surface area (Å²) in [4.78, 5) is 17.1. The lowest BCUT2D eigenvalue weighted by molar-refractivity contribution is 0.0915. The van der Waals surface area contributed by atoms with Crippen LogP contribution in [0.1, 0.15) is 5.56 Å². The maximum atomic E-state index is 12.7. The zero-order valence-corrected chi connectivity index (χ0v) is 15.3. The first-order chi connectivity index (χ1) is 14.2. The number of nitriles is 1. The second kappa shape index (κ2) is 7.96. The molecule has 0 bridgehead atoms. The summed E-state index contributed by atoms with van der Waals surface area (Å²) in [5.41, 5.74) is 1.51. The van der Waals surface area contributed by atoms with Crippen LogP contribution in [0.3, 0.4) is 0 Å². The van der Waals surface area contributed by atoms with E-state index in [9.17, 15) is 9.90 Å². The molecule has 0 saturated carbocycles. The van der Waals surface area contributed by atoms with Gasteiger partial charge in [0, 0.05) is 0 Å². The maximum Gasteiger partial charge on any atom is 0.264 e. The molecule has 1 atom stereocenters. The molecule has 8 heteroatoms. The van der Waals surface area contributed by atoms with Gasteiger partial charge in [0.25, 0.3) is 5.56 Å². The molecule has 0 radical (unpaired) electrons. The van der Waals surface area contributed by atoms with Gasteiger partial charge in [0.2, 0.25) is 0 Å². The summed E-state index contributed by atoms with van der Waals surface area (Å²) in [5, 5.41) is 23.7. The highest BCUT2D eigenvalue weighted by atomic mass is 16.5. The minimum Gasteiger partial charge on any atom is -0.491 e. The molecule has 8 nitrogen and oxygen atoms in total. The number of hydrogen-bond acceptors (Lipinski definition) is 6. The van der Waals surface area contributed by atoms with E-state index in [1.165, 1.54) is 17.1 Å². The van der Waals surface area contributed by atoms with Crippen LogP contribution < -0.4 is 10.3 Å². The third-order valence-electron chi connectivity index (χ3n) is 4.39. The Hall–Kier alpha value is -3.96. The molecule has 2 aromatic heterocycles. The summed E-state index contributed by atoms with van der Waals surface area (Å²) in [6.07, 6.45) is 1.97. The standard InChI is InChI=1S/C21H17N5O3/c22-10-15-6-8-18(9-7-15)29-13-17(27)12-25-14-23-20-19(21(25)28)11-24-26(20)16-4-2-1-3-5-16/h1-9,11,14,17,27H,12-13H2/t17-/m0/s1. The number of para-hydroxylation sites is 1. The van der Waals surface area contributed by atoms with Crippen molar-refractivity contribution in [2.24, 2.45) is 0 Å². The molecule has 4 rings (SSSR count). The number of hydrogen-bond donors (Lipinski definition) is 1. The fourth-order valence-electron chi connectivity index (χ4n) is 2.93. The third-order valence-corrected chi connectivity index (χ3v) is 4.39. The maximum absolute atomic E-state index is 12.7. The van der Waals surface area contributed by atoms with Crippen molar-refractivity contribution in [3.05, 3.63) is 83.0 Å². The lowest BCUT2D eigenvalue weighted by Gasteiger charge is -2.14. The zero-order chi connectivity index (χ0) is 20.2. The molecular weight excluding hydrogens is 370 g/mol. The fraction of sp³-hybridized carbons (Fsp3) is 0.143. The van der Waals surface area contributed by atoms with Crippen molar-refractivity contribution in [2.75, 3.05) is 6.61 Å². The lowest BCUT2D eigenvalue weighted by Crippen LogP contribution is -2.30. The number of ether oxygens (including phenoxy) is 1. The van der Waals surface area contributed by atoms with Crippen molar-refractivity contribution < 1.29 is 9.84 Å². The van der Waals surface area contributed by atoms with E-state index in [2.05, 4.69) is 10.1 Å². The molecule has 1 N–H and O–H groups in total. The average molecular weight is 387 g/mol. The van der Waals surface area contributed by atoms with Crippen LogP contribution in [0, 0.1) is 11.3 Å². The Kier molecular flexibility index (Phi) is 5.05. The third kappa shape index (κ3) is 3.85. The molecule has 0 aliphatic rings. The average Bonchev–Trinajstić information content (AvgIpc) is 3.20. The van der Waals surface area contributed by atoms with Gasteiger partial charge in [-0.25, -0.2) is 9.67 Å². The zero-order valence-electron chi connectivity index (χ0n) is 15.3. The van der Waals surface area contributed by atoms with Crippen molar-refractivity contribution in [1.82, 2.24) is 19.3 Å². The molecule has 0 aliphatic carbocycles. The first kappa shape index (κ1) is 18.4. The molecule has 0 spiro atoms. The number of fused-ring (bicyclic) bond motifs is 1. The van der Waals surface area contributed by atoms with Gasteiger partial charge < -0.3 is 9.84 Å². The number of nitrogens with zero attached hydrogens (tertiary/aromatic N) is 5. The minimum absolute atomic E-state index is 0.000343. The van der Waals surface area contributed by atoms with E-state index in [0.717, 1.165) is 5.69 Å². The molecule has 0 aliphatic heterocycles. The van der Waals surface area contributed by atoms with Crippen molar-refractivity contribution in [2.45, 2.75) is 12.6 Å². The molecule has 0 unspecified atom stereocenters. The van der Waals surface area contributed by atoms with E-state index >= 15 is 0 Å². The van der Waals surface area contributed by atoms with Gasteiger partial charge in [-0.3, -0.25) is 9.36 Å². The van der Waals surface area contributed by atoms with Gasteiger partial charge in [-0.05, 0) is 36.4 Å². The summed E-state index contributed by atoms with van der Waals surface area (Å²) in [6, 6.07) is 18.0. The van der Waals surface area contributed by atoms with E-state index in [1.54, 1.807) is 28.9 Å². The smallest absolute Gasteiger partial charge is 0.264 e. The quantitative estimate of drug-likeness (QED) is 0.542. The van der Waals surface area contributed by atoms with Crippen LogP contribution in [0.2, 0.25) is 0 Å². The monoisotopic (exact) mass is 387 g/mol. The predicted octanol–water partition coefficient (Wildman–Crippen LogP) is 1.89. The number of rotatable bonds is 6. The Balaban J connectivity index is 1.48. The van der Waals surface area contributed by atoms with Crippen molar-refractivity contribution >= 4 is 11.0 Å². The summed E-state index contributed by atoms with van der Waals surface area (Å²) in [5.74, 6) is 0.535. The van der Waals surface area contributed by atoms with Crippen LogP contribution in [-0.4, -0.2) is 37.1 Å². The number of aliphatic hydroxyl groups is 1. The van der Waals surface area contributed by atoms with Crippen LogP contribution in [0.4, 0.5) is 0 Å². The summed E-state index contributed by atoms with van der Waals surface area (Å²) < 4.78 is 8.46. The second-order valence-corrected chi connectivity index (χ2v) is 6.43. The lowest BCUT2D eigenvalue weighted by atomic mass is 10.2. The topological polar surface area (TPSA) is 106 Å². The Bertz CT molecular complexity index is 1220. The Labute approximate surface area is 165 Å². The highest BCUT2D eigenvalue weighted by molar-refractivity contribution is 5.74. The second-order valence-electron chi connectivity index (χ2n) is 6.43. The van der Waals surface area contributed by atoms with Gasteiger partial charge in [0.15, 0.2) is 5.65 Å². The summed E-state index contributed by atoms with van der Waals surface area (Å²) in [6.45, 7) is 0.0359. The molecule has 29 heavy (non-hydrogen) atoms. The molecule has 0 amide bonds. The van der Waals surface area contributed by atoms with Crippen molar-refractivity contribution in [3.8, 4) is 17.5 Å². The van der Waals surface area contributed by atoms with Gasteiger partial charge in [-0.2, -0.15) is 10.4 Å². The summed E-state index contributed by atoms with van der Waals surface area (Å²) >= 11 is 0. The molecule has 0 saturated heterocycles. The number of aliphatic hydroxyl groups excluding tert-OH is 1. The molecule has 2 heterocycles. The van der Waals surface area contributed by atoms with Crippen LogP contribution >= 0.6 is 0 Å². The van der Waals surface area contributed by atoms with E-state index in [-0.39, 0.29) is 18.7 Å². The van der Waals surface area contributed by atoms with E-state index in [4.69, 9.17) is 10.00 Å². The highest BCUT2D eigenvalue weighted by Gasteiger charge is 2.14. The van der Waals surface area contributed by atoms with Crippen LogP contribution in [0.15, 0.2) is 71.9 Å². The predicted molar refractivity (Wildman–Crippen MR) is 106 cm³/mol. The molecular formula is C21H17N5O3. The minimum atomic E-state index is -0.910. The number of benzene rings is 2. The Morgan fingerprint density at radius 3 is 2.62 bits per heavy atom. The van der Waals surface area contributed by atoms with Crippen molar-refractivity contribution in [3.63, 3.8) is 0 Å². The van der Waals surface area contributed by atoms with Gasteiger partial charge in [-0.15, -0.1) is 0 Å². The fourth-order valence-corrected chi connectivity index (χ4v) is 2.93. The molecule has 2 aromatic carbocycles. The van der Waals surface area contributed by atoms with Crippen LogP contribution in [-0.2, 0) is 6.54 Å². The van der Waals surface area contributed by atoms with Crippen molar-refractivity contribution in [1.29, 1.82) is 5.26 Å². The van der Waals surface area contributed by atoms with Gasteiger partial charge >= 0.3 is 0 Å². The van der Waals surface area contributed by atoms with Crippen LogP contribution in [0.25, 0.3) is 16.7 Å².